The molecular weight excluding hydrogens is 532 g/mol. The third kappa shape index (κ3) is 4.00. The lowest BCUT2D eigenvalue weighted by Gasteiger charge is -2.15. The third-order valence-electron chi connectivity index (χ3n) is 5.59. The van der Waals surface area contributed by atoms with Gasteiger partial charge in [0.2, 0.25) is 6.79 Å². The van der Waals surface area contributed by atoms with Crippen molar-refractivity contribution in [3.63, 3.8) is 0 Å². The molecule has 3 aromatic carbocycles. The topological polar surface area (TPSA) is 71.3 Å². The molecule has 0 amide bonds. The SMILES string of the molecule is CCOc1cc(/C=c2\sc3nc4ccccc4n3c2=O)cc(Br)c1OCc1ccc2c(c1)OCO2. The van der Waals surface area contributed by atoms with E-state index < -0.39 is 0 Å². The second kappa shape index (κ2) is 8.90. The molecule has 7 nitrogen and oxygen atoms in total. The van der Waals surface area contributed by atoms with Crippen LogP contribution in [0.1, 0.15) is 18.1 Å². The van der Waals surface area contributed by atoms with Crippen molar-refractivity contribution in [2.75, 3.05) is 13.4 Å². The van der Waals surface area contributed by atoms with Gasteiger partial charge < -0.3 is 18.9 Å². The Hall–Kier alpha value is -3.56. The molecule has 0 unspecified atom stereocenters. The van der Waals surface area contributed by atoms with E-state index in [2.05, 4.69) is 20.9 Å². The highest BCUT2D eigenvalue weighted by atomic mass is 79.9. The van der Waals surface area contributed by atoms with E-state index in [4.69, 9.17) is 18.9 Å². The first-order valence-electron chi connectivity index (χ1n) is 11.0. The Labute approximate surface area is 212 Å². The van der Waals surface area contributed by atoms with E-state index in [1.807, 2.05) is 67.6 Å². The molecule has 3 heterocycles. The van der Waals surface area contributed by atoms with E-state index in [9.17, 15) is 4.79 Å². The van der Waals surface area contributed by atoms with Crippen molar-refractivity contribution in [1.82, 2.24) is 9.38 Å². The van der Waals surface area contributed by atoms with Gasteiger partial charge in [0, 0.05) is 0 Å². The normalized spacial score (nSPS) is 13.1. The Morgan fingerprint density at radius 3 is 2.86 bits per heavy atom. The standard InChI is InChI=1S/C26H19BrN2O5S/c1-2-31-22-11-16(12-23-25(30)29-19-6-4-3-5-18(19)28-26(29)35-23)9-17(27)24(22)32-13-15-7-8-20-21(10-15)34-14-33-20/h3-12H,2,13-14H2,1H3/b23-12-. The number of para-hydroxylation sites is 2. The molecule has 2 aromatic heterocycles. The number of hydrogen-bond donors (Lipinski definition) is 0. The van der Waals surface area contributed by atoms with Crippen molar-refractivity contribution in [3.05, 3.63) is 85.1 Å². The van der Waals surface area contributed by atoms with E-state index >= 15 is 0 Å². The van der Waals surface area contributed by atoms with Crippen molar-refractivity contribution < 1.29 is 18.9 Å². The van der Waals surface area contributed by atoms with Crippen LogP contribution in [0.3, 0.4) is 0 Å². The highest BCUT2D eigenvalue weighted by Gasteiger charge is 2.16. The van der Waals surface area contributed by atoms with Gasteiger partial charge in [-0.05, 0) is 76.5 Å². The molecule has 1 aliphatic heterocycles. The van der Waals surface area contributed by atoms with Crippen LogP contribution in [-0.2, 0) is 6.61 Å². The summed E-state index contributed by atoms with van der Waals surface area (Å²) < 4.78 is 25.8. The zero-order valence-corrected chi connectivity index (χ0v) is 21.0. The number of rotatable bonds is 6. The Morgan fingerprint density at radius 2 is 1.97 bits per heavy atom. The number of thiazole rings is 1. The molecule has 0 N–H and O–H groups in total. The molecular formula is C26H19BrN2O5S. The first-order valence-corrected chi connectivity index (χ1v) is 12.6. The average molecular weight is 551 g/mol. The molecule has 9 heteroatoms. The highest BCUT2D eigenvalue weighted by molar-refractivity contribution is 9.10. The maximum atomic E-state index is 13.1. The second-order valence-electron chi connectivity index (χ2n) is 7.87. The van der Waals surface area contributed by atoms with Crippen molar-refractivity contribution in [2.24, 2.45) is 0 Å². The number of imidazole rings is 1. The van der Waals surface area contributed by atoms with Gasteiger partial charge in [-0.1, -0.05) is 29.5 Å². The molecule has 0 saturated heterocycles. The minimum atomic E-state index is -0.0871. The van der Waals surface area contributed by atoms with E-state index in [0.29, 0.717) is 40.0 Å². The molecule has 176 valence electrons. The molecule has 0 aliphatic carbocycles. The molecule has 35 heavy (non-hydrogen) atoms. The Bertz CT molecular complexity index is 1690. The van der Waals surface area contributed by atoms with Crippen LogP contribution in [0.5, 0.6) is 23.0 Å². The number of halogens is 1. The average Bonchev–Trinajstić information content (AvgIpc) is 3.53. The van der Waals surface area contributed by atoms with E-state index in [1.165, 1.54) is 11.3 Å². The summed E-state index contributed by atoms with van der Waals surface area (Å²) in [6.45, 7) is 2.95. The molecule has 0 saturated carbocycles. The van der Waals surface area contributed by atoms with Gasteiger partial charge >= 0.3 is 0 Å². The lowest BCUT2D eigenvalue weighted by atomic mass is 10.2. The molecule has 0 spiro atoms. The predicted octanol–water partition coefficient (Wildman–Crippen LogP) is 4.93. The predicted molar refractivity (Wildman–Crippen MR) is 138 cm³/mol. The van der Waals surface area contributed by atoms with Gasteiger partial charge in [-0.25, -0.2) is 9.38 Å². The zero-order chi connectivity index (χ0) is 23.9. The summed E-state index contributed by atoms with van der Waals surface area (Å²) in [4.78, 5) is 18.4. The first-order chi connectivity index (χ1) is 17.1. The van der Waals surface area contributed by atoms with Gasteiger partial charge in [0.15, 0.2) is 28.0 Å². The van der Waals surface area contributed by atoms with Gasteiger partial charge in [-0.3, -0.25) is 4.79 Å². The molecule has 0 radical (unpaired) electrons. The van der Waals surface area contributed by atoms with Gasteiger partial charge in [0.05, 0.1) is 26.6 Å². The van der Waals surface area contributed by atoms with E-state index in [-0.39, 0.29) is 12.4 Å². The van der Waals surface area contributed by atoms with Crippen LogP contribution in [0, 0.1) is 0 Å². The van der Waals surface area contributed by atoms with Gasteiger partial charge in [0.1, 0.15) is 6.61 Å². The zero-order valence-electron chi connectivity index (χ0n) is 18.6. The molecule has 1 aliphatic rings. The third-order valence-corrected chi connectivity index (χ3v) is 7.15. The van der Waals surface area contributed by atoms with Crippen molar-refractivity contribution >= 4 is 49.3 Å². The van der Waals surface area contributed by atoms with Crippen molar-refractivity contribution in [1.29, 1.82) is 0 Å². The van der Waals surface area contributed by atoms with E-state index in [0.717, 1.165) is 32.4 Å². The fourth-order valence-electron chi connectivity index (χ4n) is 4.02. The van der Waals surface area contributed by atoms with Crippen molar-refractivity contribution in [2.45, 2.75) is 13.5 Å². The monoisotopic (exact) mass is 550 g/mol. The number of aromatic nitrogens is 2. The van der Waals surface area contributed by atoms with Crippen LogP contribution >= 0.6 is 27.3 Å². The Balaban J connectivity index is 1.34. The maximum absolute atomic E-state index is 13.1. The number of hydrogen-bond acceptors (Lipinski definition) is 7. The minimum Gasteiger partial charge on any atom is -0.490 e. The number of nitrogens with zero attached hydrogens (tertiary/aromatic N) is 2. The summed E-state index contributed by atoms with van der Waals surface area (Å²) in [6, 6.07) is 17.2. The summed E-state index contributed by atoms with van der Waals surface area (Å²) in [5.41, 5.74) is 3.31. The van der Waals surface area contributed by atoms with Crippen LogP contribution in [0.25, 0.3) is 22.1 Å². The number of fused-ring (bicyclic) bond motifs is 4. The largest absolute Gasteiger partial charge is 0.490 e. The molecule has 0 bridgehead atoms. The maximum Gasteiger partial charge on any atom is 0.274 e. The Kier molecular flexibility index (Phi) is 5.58. The molecule has 5 aromatic rings. The van der Waals surface area contributed by atoms with Gasteiger partial charge in [-0.2, -0.15) is 0 Å². The minimum absolute atomic E-state index is 0.0871. The lowest BCUT2D eigenvalue weighted by molar-refractivity contribution is 0.174. The summed E-state index contributed by atoms with van der Waals surface area (Å²) >= 11 is 4.99. The fourth-order valence-corrected chi connectivity index (χ4v) is 5.58. The summed E-state index contributed by atoms with van der Waals surface area (Å²) in [5.74, 6) is 2.63. The van der Waals surface area contributed by atoms with Crippen LogP contribution in [0.2, 0.25) is 0 Å². The summed E-state index contributed by atoms with van der Waals surface area (Å²) in [5, 5.41) is 0. The lowest BCUT2D eigenvalue weighted by Crippen LogP contribution is -2.22. The molecule has 6 rings (SSSR count). The Morgan fingerprint density at radius 1 is 1.11 bits per heavy atom. The quantitative estimate of drug-likeness (QED) is 0.298. The van der Waals surface area contributed by atoms with Crippen LogP contribution in [0.15, 0.2) is 63.9 Å². The highest BCUT2D eigenvalue weighted by Crippen LogP contribution is 2.38. The molecule has 0 atom stereocenters. The fraction of sp³-hybridized carbons (Fsp3) is 0.154. The van der Waals surface area contributed by atoms with Crippen LogP contribution in [-0.4, -0.2) is 22.8 Å². The first kappa shape index (κ1) is 21.9. The van der Waals surface area contributed by atoms with Crippen LogP contribution < -0.4 is 29.0 Å². The number of benzene rings is 3. The van der Waals surface area contributed by atoms with Gasteiger partial charge in [-0.15, -0.1) is 0 Å². The number of ether oxygens (including phenoxy) is 4. The second-order valence-corrected chi connectivity index (χ2v) is 9.74. The smallest absolute Gasteiger partial charge is 0.274 e. The molecule has 0 fully saturated rings. The van der Waals surface area contributed by atoms with Gasteiger partial charge in [0.25, 0.3) is 5.56 Å². The van der Waals surface area contributed by atoms with Crippen molar-refractivity contribution in [3.8, 4) is 23.0 Å². The summed E-state index contributed by atoms with van der Waals surface area (Å²) in [6.07, 6.45) is 1.85. The summed E-state index contributed by atoms with van der Waals surface area (Å²) in [7, 11) is 0. The van der Waals surface area contributed by atoms with Crippen LogP contribution in [0.4, 0.5) is 0 Å². The van der Waals surface area contributed by atoms with E-state index in [1.54, 1.807) is 4.40 Å².